The molecule has 0 aliphatic rings. The Kier molecular flexibility index (Phi) is 6.44. The van der Waals surface area contributed by atoms with Crippen molar-refractivity contribution in [3.8, 4) is 0 Å². The molecular weight excluding hydrogens is 244 g/mol. The van der Waals surface area contributed by atoms with Crippen molar-refractivity contribution in [2.45, 2.75) is 33.7 Å². The maximum atomic E-state index is 11.2. The quantitative estimate of drug-likeness (QED) is 0.401. The number of likely N-dealkylation sites (N-methyl/N-ethyl adjacent to an activating group) is 1. The minimum atomic E-state index is -0.418. The predicted molar refractivity (Wildman–Crippen MR) is 73.2 cm³/mol. The molecule has 0 aliphatic carbocycles. The van der Waals surface area contributed by atoms with Crippen molar-refractivity contribution in [2.24, 2.45) is 11.8 Å². The summed E-state index contributed by atoms with van der Waals surface area (Å²) in [5, 5.41) is 7.68. The molecule has 1 rings (SSSR count). The van der Waals surface area contributed by atoms with Gasteiger partial charge in [0, 0.05) is 13.1 Å². The number of nitrogens with zero attached hydrogens (tertiary/aromatic N) is 4. The van der Waals surface area contributed by atoms with E-state index in [1.54, 1.807) is 10.9 Å². The number of aromatic nitrogens is 3. The largest absolute Gasteiger partial charge is 0.302 e. The van der Waals surface area contributed by atoms with Gasteiger partial charge in [-0.25, -0.2) is 5.84 Å². The number of nitrogens with two attached hydrogens (primary N) is 1. The van der Waals surface area contributed by atoms with Crippen LogP contribution in [-0.2, 0) is 6.54 Å². The number of carbonyl (C=O) groups excluding carboxylic acids is 1. The van der Waals surface area contributed by atoms with Crippen molar-refractivity contribution in [3.63, 3.8) is 0 Å². The first kappa shape index (κ1) is 15.6. The zero-order chi connectivity index (χ0) is 14.3. The number of hydrogen-bond donors (Lipinski definition) is 2. The SMILES string of the molecule is CCC(C)CN(CC)CCn1cc(C(=O)NN)nn1. The third-order valence-corrected chi connectivity index (χ3v) is 3.26. The van der Waals surface area contributed by atoms with E-state index in [1.807, 2.05) is 5.43 Å². The van der Waals surface area contributed by atoms with Gasteiger partial charge in [-0.1, -0.05) is 32.4 Å². The van der Waals surface area contributed by atoms with E-state index in [2.05, 4.69) is 36.0 Å². The first-order chi connectivity index (χ1) is 9.10. The Hall–Kier alpha value is -1.47. The van der Waals surface area contributed by atoms with Gasteiger partial charge in [-0.2, -0.15) is 0 Å². The smallest absolute Gasteiger partial charge is 0.287 e. The Morgan fingerprint density at radius 2 is 2.32 bits per heavy atom. The highest BCUT2D eigenvalue weighted by Crippen LogP contribution is 2.04. The van der Waals surface area contributed by atoms with Crippen LogP contribution in [0, 0.1) is 5.92 Å². The van der Waals surface area contributed by atoms with Crippen LogP contribution in [0.15, 0.2) is 6.20 Å². The van der Waals surface area contributed by atoms with Gasteiger partial charge in [-0.3, -0.25) is 14.9 Å². The third-order valence-electron chi connectivity index (χ3n) is 3.26. The van der Waals surface area contributed by atoms with Crippen LogP contribution >= 0.6 is 0 Å². The van der Waals surface area contributed by atoms with Gasteiger partial charge < -0.3 is 4.90 Å². The number of carbonyl (C=O) groups is 1. The molecule has 0 saturated carbocycles. The van der Waals surface area contributed by atoms with Crippen LogP contribution < -0.4 is 11.3 Å². The molecule has 1 atom stereocenters. The molecule has 0 saturated heterocycles. The molecule has 1 unspecified atom stereocenters. The van der Waals surface area contributed by atoms with E-state index in [0.717, 1.165) is 26.2 Å². The van der Waals surface area contributed by atoms with E-state index in [9.17, 15) is 4.79 Å². The molecule has 3 N–H and O–H groups in total. The monoisotopic (exact) mass is 268 g/mol. The van der Waals surface area contributed by atoms with Gasteiger partial charge >= 0.3 is 0 Å². The van der Waals surface area contributed by atoms with Crippen LogP contribution in [0.5, 0.6) is 0 Å². The summed E-state index contributed by atoms with van der Waals surface area (Å²) in [6, 6.07) is 0. The number of nitrogens with one attached hydrogen (secondary N) is 1. The van der Waals surface area contributed by atoms with Crippen LogP contribution in [0.25, 0.3) is 0 Å². The molecule has 1 amide bonds. The summed E-state index contributed by atoms with van der Waals surface area (Å²) in [6.07, 6.45) is 2.79. The zero-order valence-electron chi connectivity index (χ0n) is 12.0. The summed E-state index contributed by atoms with van der Waals surface area (Å²) in [5.41, 5.74) is 2.28. The molecule has 0 radical (unpaired) electrons. The van der Waals surface area contributed by atoms with Gasteiger partial charge in [-0.15, -0.1) is 5.10 Å². The number of rotatable bonds is 8. The van der Waals surface area contributed by atoms with Gasteiger partial charge in [0.2, 0.25) is 0 Å². The van der Waals surface area contributed by atoms with E-state index in [4.69, 9.17) is 5.84 Å². The summed E-state index contributed by atoms with van der Waals surface area (Å²) in [4.78, 5) is 13.6. The third kappa shape index (κ3) is 4.96. The fourth-order valence-electron chi connectivity index (χ4n) is 1.78. The highest BCUT2D eigenvalue weighted by molar-refractivity contribution is 5.91. The summed E-state index contributed by atoms with van der Waals surface area (Å²) in [6.45, 7) is 10.3. The van der Waals surface area contributed by atoms with Gasteiger partial charge in [0.25, 0.3) is 5.91 Å². The molecule has 0 spiro atoms. The number of hydrazine groups is 1. The molecule has 108 valence electrons. The molecule has 19 heavy (non-hydrogen) atoms. The van der Waals surface area contributed by atoms with Crippen LogP contribution in [0.2, 0.25) is 0 Å². The fraction of sp³-hybridized carbons (Fsp3) is 0.750. The average molecular weight is 268 g/mol. The molecule has 0 aliphatic heterocycles. The van der Waals surface area contributed by atoms with Crippen molar-refractivity contribution in [1.29, 1.82) is 0 Å². The topological polar surface area (TPSA) is 89.1 Å². The molecule has 1 heterocycles. The van der Waals surface area contributed by atoms with E-state index in [-0.39, 0.29) is 5.69 Å². The van der Waals surface area contributed by atoms with Crippen molar-refractivity contribution in [1.82, 2.24) is 25.3 Å². The van der Waals surface area contributed by atoms with Crippen LogP contribution in [-0.4, -0.2) is 45.4 Å². The van der Waals surface area contributed by atoms with Crippen molar-refractivity contribution in [3.05, 3.63) is 11.9 Å². The molecule has 1 aromatic heterocycles. The Morgan fingerprint density at radius 1 is 1.58 bits per heavy atom. The van der Waals surface area contributed by atoms with Gasteiger partial charge in [-0.05, 0) is 12.5 Å². The minimum Gasteiger partial charge on any atom is -0.302 e. The Morgan fingerprint density at radius 3 is 2.89 bits per heavy atom. The van der Waals surface area contributed by atoms with E-state index in [1.165, 1.54) is 6.42 Å². The van der Waals surface area contributed by atoms with Crippen molar-refractivity contribution in [2.75, 3.05) is 19.6 Å². The standard InChI is InChI=1S/C12H24N6O/c1-4-10(3)8-17(5-2)6-7-18-9-11(15-16-18)12(19)14-13/h9-10H,4-8,13H2,1-3H3,(H,14,19). The first-order valence-electron chi connectivity index (χ1n) is 6.74. The molecule has 7 nitrogen and oxygen atoms in total. The predicted octanol–water partition coefficient (Wildman–Crippen LogP) is 0.250. The summed E-state index contributed by atoms with van der Waals surface area (Å²) < 4.78 is 1.67. The first-order valence-corrected chi connectivity index (χ1v) is 6.74. The Balaban J connectivity index is 2.46. The molecule has 0 fully saturated rings. The molecule has 0 bridgehead atoms. The highest BCUT2D eigenvalue weighted by atomic mass is 16.2. The van der Waals surface area contributed by atoms with Gasteiger partial charge in [0.05, 0.1) is 12.7 Å². The lowest BCUT2D eigenvalue weighted by Crippen LogP contribution is -2.31. The van der Waals surface area contributed by atoms with E-state index >= 15 is 0 Å². The summed E-state index contributed by atoms with van der Waals surface area (Å²) >= 11 is 0. The van der Waals surface area contributed by atoms with Crippen LogP contribution in [0.3, 0.4) is 0 Å². The lowest BCUT2D eigenvalue weighted by atomic mass is 10.1. The van der Waals surface area contributed by atoms with Crippen LogP contribution in [0.4, 0.5) is 0 Å². The van der Waals surface area contributed by atoms with Gasteiger partial charge in [0.1, 0.15) is 0 Å². The molecular formula is C12H24N6O. The number of nitrogen functional groups attached to an aromatic ring is 1. The number of hydrogen-bond acceptors (Lipinski definition) is 5. The number of amides is 1. The molecule has 1 aromatic rings. The van der Waals surface area contributed by atoms with Crippen molar-refractivity contribution >= 4 is 5.91 Å². The van der Waals surface area contributed by atoms with Crippen LogP contribution in [0.1, 0.15) is 37.7 Å². The van der Waals surface area contributed by atoms with E-state index in [0.29, 0.717) is 5.92 Å². The minimum absolute atomic E-state index is 0.243. The normalized spacial score (nSPS) is 12.7. The van der Waals surface area contributed by atoms with Crippen molar-refractivity contribution < 1.29 is 4.79 Å². The summed E-state index contributed by atoms with van der Waals surface area (Å²) in [7, 11) is 0. The second-order valence-corrected chi connectivity index (χ2v) is 4.75. The Labute approximate surface area is 114 Å². The highest BCUT2D eigenvalue weighted by Gasteiger charge is 2.10. The lowest BCUT2D eigenvalue weighted by Gasteiger charge is -2.23. The second-order valence-electron chi connectivity index (χ2n) is 4.75. The second kappa shape index (κ2) is 7.85. The fourth-order valence-corrected chi connectivity index (χ4v) is 1.78. The summed E-state index contributed by atoms with van der Waals surface area (Å²) in [5.74, 6) is 5.31. The maximum Gasteiger partial charge on any atom is 0.287 e. The average Bonchev–Trinajstić information content (AvgIpc) is 2.90. The molecule has 0 aromatic carbocycles. The zero-order valence-corrected chi connectivity index (χ0v) is 12.0. The maximum absolute atomic E-state index is 11.2. The molecule has 7 heteroatoms. The Bertz CT molecular complexity index is 391. The van der Waals surface area contributed by atoms with Gasteiger partial charge in [0.15, 0.2) is 5.69 Å². The lowest BCUT2D eigenvalue weighted by molar-refractivity contribution is 0.0948. The van der Waals surface area contributed by atoms with E-state index < -0.39 is 5.91 Å².